The van der Waals surface area contributed by atoms with Crippen molar-refractivity contribution in [3.05, 3.63) is 0 Å². The van der Waals surface area contributed by atoms with Crippen LogP contribution in [0.15, 0.2) is 0 Å². The molecular weight excluding hydrogens is 162 g/mol. The second kappa shape index (κ2) is 6.39. The van der Waals surface area contributed by atoms with E-state index >= 15 is 0 Å². The van der Waals surface area contributed by atoms with Crippen molar-refractivity contribution in [3.63, 3.8) is 0 Å². The predicted molar refractivity (Wildman–Crippen MR) is 57.8 cm³/mol. The lowest BCUT2D eigenvalue weighted by atomic mass is 9.96. The summed E-state index contributed by atoms with van der Waals surface area (Å²) >= 11 is 0. The van der Waals surface area contributed by atoms with Crippen LogP contribution in [0.4, 0.5) is 0 Å². The van der Waals surface area contributed by atoms with Crippen molar-refractivity contribution < 1.29 is 4.74 Å². The molecule has 0 aromatic carbocycles. The van der Waals surface area contributed by atoms with E-state index < -0.39 is 0 Å². The van der Waals surface area contributed by atoms with Crippen molar-refractivity contribution in [2.75, 3.05) is 13.2 Å². The highest BCUT2D eigenvalue weighted by molar-refractivity contribution is 4.80. The molecule has 0 fully saturated rings. The van der Waals surface area contributed by atoms with Gasteiger partial charge in [-0.25, -0.2) is 0 Å². The number of hydrogen-bond acceptors (Lipinski definition) is 2. The van der Waals surface area contributed by atoms with Crippen LogP contribution in [-0.4, -0.2) is 18.8 Å². The lowest BCUT2D eigenvalue weighted by molar-refractivity contribution is 0.0740. The Balaban J connectivity index is 3.50. The minimum absolute atomic E-state index is 0.100. The van der Waals surface area contributed by atoms with E-state index in [1.54, 1.807) is 0 Å². The minimum atomic E-state index is -0.100. The second-order valence-corrected chi connectivity index (χ2v) is 4.30. The van der Waals surface area contributed by atoms with Crippen LogP contribution in [-0.2, 0) is 4.74 Å². The van der Waals surface area contributed by atoms with Crippen LogP contribution in [0.2, 0.25) is 0 Å². The van der Waals surface area contributed by atoms with E-state index in [4.69, 9.17) is 10.5 Å². The molecule has 0 atom stereocenters. The molecule has 0 saturated heterocycles. The van der Waals surface area contributed by atoms with E-state index in [1.165, 1.54) is 0 Å². The quantitative estimate of drug-likeness (QED) is 0.622. The average molecular weight is 187 g/mol. The molecule has 0 bridgehead atoms. The fourth-order valence-electron chi connectivity index (χ4n) is 1.05. The fraction of sp³-hybridized carbons (Fsp3) is 1.00. The first-order valence-corrected chi connectivity index (χ1v) is 5.40. The molecule has 0 saturated carbocycles. The van der Waals surface area contributed by atoms with Crippen molar-refractivity contribution in [1.29, 1.82) is 0 Å². The topological polar surface area (TPSA) is 35.2 Å². The molecule has 0 radical (unpaired) electrons. The van der Waals surface area contributed by atoms with Gasteiger partial charge in [-0.15, -0.1) is 0 Å². The summed E-state index contributed by atoms with van der Waals surface area (Å²) in [6.07, 6.45) is 3.11. The molecule has 0 aliphatic carbocycles. The summed E-state index contributed by atoms with van der Waals surface area (Å²) in [4.78, 5) is 0. The zero-order valence-electron chi connectivity index (χ0n) is 9.60. The van der Waals surface area contributed by atoms with Gasteiger partial charge in [0.25, 0.3) is 0 Å². The average Bonchev–Trinajstić information content (AvgIpc) is 2.12. The molecule has 0 rings (SSSR count). The maximum atomic E-state index is 6.09. The van der Waals surface area contributed by atoms with Crippen LogP contribution < -0.4 is 5.73 Å². The molecule has 2 nitrogen and oxygen atoms in total. The Morgan fingerprint density at radius 2 is 1.77 bits per heavy atom. The van der Waals surface area contributed by atoms with Gasteiger partial charge in [-0.2, -0.15) is 0 Å². The predicted octanol–water partition coefficient (Wildman–Crippen LogP) is 2.57. The molecule has 0 spiro atoms. The Labute approximate surface area is 82.8 Å². The third-order valence-corrected chi connectivity index (χ3v) is 2.64. The Morgan fingerprint density at radius 3 is 2.15 bits per heavy atom. The summed E-state index contributed by atoms with van der Waals surface area (Å²) in [5.74, 6) is 0.718. The van der Waals surface area contributed by atoms with Gasteiger partial charge in [0, 0.05) is 12.1 Å². The van der Waals surface area contributed by atoms with Crippen molar-refractivity contribution in [3.8, 4) is 0 Å². The molecule has 0 aromatic heterocycles. The smallest absolute Gasteiger partial charge is 0.0645 e. The zero-order chi connectivity index (χ0) is 10.3. The zero-order valence-corrected chi connectivity index (χ0v) is 9.60. The summed E-state index contributed by atoms with van der Waals surface area (Å²) in [6, 6.07) is 0. The molecule has 13 heavy (non-hydrogen) atoms. The van der Waals surface area contributed by atoms with Gasteiger partial charge in [0.15, 0.2) is 0 Å². The SMILES string of the molecule is CCC(N)(CC)COCCC(C)C. The van der Waals surface area contributed by atoms with E-state index in [9.17, 15) is 0 Å². The first kappa shape index (κ1) is 12.9. The van der Waals surface area contributed by atoms with Gasteiger partial charge in [0.2, 0.25) is 0 Å². The lowest BCUT2D eigenvalue weighted by Gasteiger charge is -2.26. The van der Waals surface area contributed by atoms with Crippen LogP contribution in [0.5, 0.6) is 0 Å². The maximum Gasteiger partial charge on any atom is 0.0645 e. The minimum Gasteiger partial charge on any atom is -0.380 e. The Morgan fingerprint density at radius 1 is 1.23 bits per heavy atom. The maximum absolute atomic E-state index is 6.09. The van der Waals surface area contributed by atoms with Crippen LogP contribution in [0, 0.1) is 5.92 Å². The molecule has 2 N–H and O–H groups in total. The Kier molecular flexibility index (Phi) is 6.35. The number of nitrogens with two attached hydrogens (primary N) is 1. The summed E-state index contributed by atoms with van der Waals surface area (Å²) < 4.78 is 5.57. The summed E-state index contributed by atoms with van der Waals surface area (Å²) in [5.41, 5.74) is 5.99. The van der Waals surface area contributed by atoms with Gasteiger partial charge in [-0.1, -0.05) is 27.7 Å². The molecule has 0 heterocycles. The highest BCUT2D eigenvalue weighted by Gasteiger charge is 2.19. The highest BCUT2D eigenvalue weighted by atomic mass is 16.5. The van der Waals surface area contributed by atoms with Crippen LogP contribution in [0.25, 0.3) is 0 Å². The third kappa shape index (κ3) is 6.05. The van der Waals surface area contributed by atoms with Gasteiger partial charge >= 0.3 is 0 Å². The fourth-order valence-corrected chi connectivity index (χ4v) is 1.05. The number of hydrogen-bond donors (Lipinski definition) is 1. The monoisotopic (exact) mass is 187 g/mol. The first-order valence-electron chi connectivity index (χ1n) is 5.40. The summed E-state index contributed by atoms with van der Waals surface area (Å²) in [6.45, 7) is 10.2. The molecule has 2 heteroatoms. The largest absolute Gasteiger partial charge is 0.380 e. The lowest BCUT2D eigenvalue weighted by Crippen LogP contribution is -2.43. The van der Waals surface area contributed by atoms with Crippen molar-refractivity contribution in [2.45, 2.75) is 52.5 Å². The van der Waals surface area contributed by atoms with E-state index in [-0.39, 0.29) is 5.54 Å². The number of rotatable bonds is 7. The molecule has 0 amide bonds. The first-order chi connectivity index (χ1) is 6.04. The molecule has 0 unspecified atom stereocenters. The van der Waals surface area contributed by atoms with E-state index in [1.807, 2.05) is 0 Å². The Bertz CT molecular complexity index is 119. The van der Waals surface area contributed by atoms with Gasteiger partial charge < -0.3 is 10.5 Å². The Hall–Kier alpha value is -0.0800. The van der Waals surface area contributed by atoms with Crippen molar-refractivity contribution in [2.24, 2.45) is 11.7 Å². The summed E-state index contributed by atoms with van der Waals surface area (Å²) in [5, 5.41) is 0. The van der Waals surface area contributed by atoms with Crippen molar-refractivity contribution >= 4 is 0 Å². The molecule has 0 aromatic rings. The molecule has 80 valence electrons. The van der Waals surface area contributed by atoms with Gasteiger partial charge in [0.1, 0.15) is 0 Å². The number of ether oxygens (including phenoxy) is 1. The molecule has 0 aliphatic heterocycles. The molecule has 0 aliphatic rings. The van der Waals surface area contributed by atoms with E-state index in [2.05, 4.69) is 27.7 Å². The second-order valence-electron chi connectivity index (χ2n) is 4.30. The van der Waals surface area contributed by atoms with E-state index in [0.717, 1.165) is 31.8 Å². The van der Waals surface area contributed by atoms with E-state index in [0.29, 0.717) is 6.61 Å². The third-order valence-electron chi connectivity index (χ3n) is 2.64. The highest BCUT2D eigenvalue weighted by Crippen LogP contribution is 2.11. The normalized spacial score (nSPS) is 12.5. The standard InChI is InChI=1S/C11H25NO/c1-5-11(12,6-2)9-13-8-7-10(3)4/h10H,5-9,12H2,1-4H3. The van der Waals surface area contributed by atoms with Gasteiger partial charge in [-0.3, -0.25) is 0 Å². The van der Waals surface area contributed by atoms with Gasteiger partial charge in [-0.05, 0) is 25.2 Å². The van der Waals surface area contributed by atoms with Gasteiger partial charge in [0.05, 0.1) is 6.61 Å². The summed E-state index contributed by atoms with van der Waals surface area (Å²) in [7, 11) is 0. The van der Waals surface area contributed by atoms with Crippen LogP contribution in [0.1, 0.15) is 47.0 Å². The van der Waals surface area contributed by atoms with Crippen LogP contribution >= 0.6 is 0 Å². The van der Waals surface area contributed by atoms with Crippen LogP contribution in [0.3, 0.4) is 0 Å². The molecular formula is C11H25NO. The van der Waals surface area contributed by atoms with Crippen molar-refractivity contribution in [1.82, 2.24) is 0 Å².